The van der Waals surface area contributed by atoms with Crippen molar-refractivity contribution in [3.05, 3.63) is 24.3 Å². The van der Waals surface area contributed by atoms with Gasteiger partial charge in [0.15, 0.2) is 0 Å². The zero-order chi connectivity index (χ0) is 14.6. The number of nitriles is 1. The lowest BCUT2D eigenvalue weighted by molar-refractivity contribution is -0.119. The summed E-state index contributed by atoms with van der Waals surface area (Å²) in [6, 6.07) is 7.36. The van der Waals surface area contributed by atoms with E-state index in [4.69, 9.17) is 10.4 Å². The van der Waals surface area contributed by atoms with Gasteiger partial charge in [0.25, 0.3) is 0 Å². The minimum atomic E-state index is -3.75. The number of rotatable bonds is 4. The van der Waals surface area contributed by atoms with Gasteiger partial charge in [-0.2, -0.15) is 5.26 Å². The van der Waals surface area contributed by atoms with E-state index in [1.807, 2.05) is 6.07 Å². The van der Waals surface area contributed by atoms with Crippen LogP contribution in [-0.2, 0) is 14.8 Å². The Balaban J connectivity index is 2.85. The Morgan fingerprint density at radius 1 is 1.32 bits per heavy atom. The van der Waals surface area contributed by atoms with Crippen molar-refractivity contribution in [1.82, 2.24) is 0 Å². The first-order valence-corrected chi connectivity index (χ1v) is 7.13. The molecule has 0 aliphatic carbocycles. The van der Waals surface area contributed by atoms with Crippen molar-refractivity contribution in [2.45, 2.75) is 18.7 Å². The number of amides is 1. The van der Waals surface area contributed by atoms with Crippen molar-refractivity contribution in [1.29, 1.82) is 5.26 Å². The Morgan fingerprint density at radius 2 is 1.84 bits per heavy atom. The summed E-state index contributed by atoms with van der Waals surface area (Å²) >= 11 is 0. The second-order valence-electron chi connectivity index (χ2n) is 4.41. The Hall–Kier alpha value is -1.91. The van der Waals surface area contributed by atoms with Crippen molar-refractivity contribution in [3.8, 4) is 6.07 Å². The molecule has 6 nitrogen and oxygen atoms in total. The van der Waals surface area contributed by atoms with Crippen LogP contribution in [0.2, 0.25) is 0 Å². The zero-order valence-electron chi connectivity index (χ0n) is 10.6. The van der Waals surface area contributed by atoms with E-state index in [2.05, 4.69) is 5.32 Å². The molecular weight excluding hydrogens is 266 g/mol. The van der Waals surface area contributed by atoms with E-state index in [1.54, 1.807) is 13.8 Å². The number of nitrogens with one attached hydrogen (secondary N) is 1. The third kappa shape index (κ3) is 4.05. The molecule has 0 aromatic heterocycles. The fourth-order valence-corrected chi connectivity index (χ4v) is 1.97. The van der Waals surface area contributed by atoms with Crippen LogP contribution in [0.15, 0.2) is 29.2 Å². The van der Waals surface area contributed by atoms with Crippen LogP contribution >= 0.6 is 0 Å². The Labute approximate surface area is 112 Å². The van der Waals surface area contributed by atoms with Crippen LogP contribution in [0.5, 0.6) is 0 Å². The lowest BCUT2D eigenvalue weighted by Gasteiger charge is -2.13. The molecule has 102 valence electrons. The van der Waals surface area contributed by atoms with Crippen molar-refractivity contribution in [3.63, 3.8) is 0 Å². The Bertz CT molecular complexity index is 600. The molecule has 3 N–H and O–H groups in total. The number of nitrogens with zero attached hydrogens (tertiary/aromatic N) is 1. The minimum Gasteiger partial charge on any atom is -0.325 e. The summed E-state index contributed by atoms with van der Waals surface area (Å²) in [5.41, 5.74) is 0.415. The maximum absolute atomic E-state index is 11.8. The molecule has 7 heteroatoms. The highest BCUT2D eigenvalue weighted by atomic mass is 32.2. The van der Waals surface area contributed by atoms with Crippen LogP contribution in [0.25, 0.3) is 0 Å². The van der Waals surface area contributed by atoms with Crippen molar-refractivity contribution >= 4 is 21.6 Å². The van der Waals surface area contributed by atoms with E-state index >= 15 is 0 Å². The van der Waals surface area contributed by atoms with Gasteiger partial charge in [0.2, 0.25) is 15.9 Å². The molecule has 0 radical (unpaired) electrons. The Kier molecular flexibility index (Phi) is 4.64. The largest absolute Gasteiger partial charge is 0.325 e. The molecule has 1 atom stereocenters. The average molecular weight is 281 g/mol. The molecule has 0 fully saturated rings. The summed E-state index contributed by atoms with van der Waals surface area (Å²) in [4.78, 5) is 11.8. The first-order valence-electron chi connectivity index (χ1n) is 5.59. The van der Waals surface area contributed by atoms with Gasteiger partial charge in [-0.05, 0) is 30.2 Å². The van der Waals surface area contributed by atoms with Crippen molar-refractivity contribution in [2.75, 3.05) is 5.32 Å². The zero-order valence-corrected chi connectivity index (χ0v) is 11.4. The molecule has 0 saturated carbocycles. The Morgan fingerprint density at radius 3 is 2.21 bits per heavy atom. The number of anilines is 1. The second-order valence-corrected chi connectivity index (χ2v) is 5.97. The van der Waals surface area contributed by atoms with Crippen molar-refractivity contribution in [2.24, 2.45) is 17.0 Å². The van der Waals surface area contributed by atoms with Crippen molar-refractivity contribution < 1.29 is 13.2 Å². The molecule has 0 spiro atoms. The van der Waals surface area contributed by atoms with Crippen LogP contribution in [0, 0.1) is 23.2 Å². The van der Waals surface area contributed by atoms with Gasteiger partial charge < -0.3 is 5.32 Å². The minimum absolute atomic E-state index is 0.0359. The molecule has 0 heterocycles. The van der Waals surface area contributed by atoms with Gasteiger partial charge in [0.1, 0.15) is 5.92 Å². The summed E-state index contributed by atoms with van der Waals surface area (Å²) in [6.45, 7) is 3.55. The first-order chi connectivity index (χ1) is 8.75. The second kappa shape index (κ2) is 5.82. The van der Waals surface area contributed by atoms with E-state index in [-0.39, 0.29) is 10.8 Å². The van der Waals surface area contributed by atoms with E-state index in [9.17, 15) is 13.2 Å². The highest BCUT2D eigenvalue weighted by Crippen LogP contribution is 2.16. The quantitative estimate of drug-likeness (QED) is 0.859. The summed E-state index contributed by atoms with van der Waals surface area (Å²) in [7, 11) is -3.75. The molecular formula is C12H15N3O3S. The molecule has 0 bridgehead atoms. The highest BCUT2D eigenvalue weighted by molar-refractivity contribution is 7.89. The number of primary sulfonamides is 1. The number of carbonyl (C=O) groups is 1. The van der Waals surface area contributed by atoms with E-state index < -0.39 is 21.8 Å². The van der Waals surface area contributed by atoms with Gasteiger partial charge in [-0.15, -0.1) is 0 Å². The number of carbonyl (C=O) groups excluding carboxylic acids is 1. The average Bonchev–Trinajstić information content (AvgIpc) is 2.28. The van der Waals surface area contributed by atoms with Gasteiger partial charge in [-0.3, -0.25) is 4.79 Å². The van der Waals surface area contributed by atoms with E-state index in [1.165, 1.54) is 24.3 Å². The SMILES string of the molecule is CC(C)C(C#N)C(=O)Nc1ccc(S(N)(=O)=O)cc1. The lowest BCUT2D eigenvalue weighted by atomic mass is 9.96. The summed E-state index contributed by atoms with van der Waals surface area (Å²) in [5.74, 6) is -1.27. The molecule has 1 rings (SSSR count). The number of nitrogens with two attached hydrogens (primary N) is 1. The molecule has 1 amide bonds. The van der Waals surface area contributed by atoms with Crippen LogP contribution in [0.4, 0.5) is 5.69 Å². The fraction of sp³-hybridized carbons (Fsp3) is 0.333. The summed E-state index contributed by atoms with van der Waals surface area (Å²) < 4.78 is 22.1. The molecule has 1 aromatic carbocycles. The molecule has 0 aliphatic rings. The van der Waals surface area contributed by atoms with Crippen LogP contribution in [0.1, 0.15) is 13.8 Å². The van der Waals surface area contributed by atoms with Gasteiger partial charge in [-0.1, -0.05) is 13.8 Å². The normalized spacial score (nSPS) is 12.8. The van der Waals surface area contributed by atoms with E-state index in [0.717, 1.165) is 0 Å². The molecule has 1 unspecified atom stereocenters. The van der Waals surface area contributed by atoms with Gasteiger partial charge in [-0.25, -0.2) is 13.6 Å². The topological polar surface area (TPSA) is 113 Å². The highest BCUT2D eigenvalue weighted by Gasteiger charge is 2.21. The van der Waals surface area contributed by atoms with Crippen LogP contribution in [0.3, 0.4) is 0 Å². The predicted octanol–water partition coefficient (Wildman–Crippen LogP) is 1.07. The molecule has 0 saturated heterocycles. The smallest absolute Gasteiger partial charge is 0.241 e. The molecule has 0 aliphatic heterocycles. The van der Waals surface area contributed by atoms with Crippen LogP contribution < -0.4 is 10.5 Å². The summed E-state index contributed by atoms with van der Waals surface area (Å²) in [5, 5.41) is 16.4. The third-order valence-corrected chi connectivity index (χ3v) is 3.47. The molecule has 1 aromatic rings. The van der Waals surface area contributed by atoms with Gasteiger partial charge in [0.05, 0.1) is 11.0 Å². The number of sulfonamides is 1. The lowest BCUT2D eigenvalue weighted by Crippen LogP contribution is -2.25. The van der Waals surface area contributed by atoms with Crippen LogP contribution in [-0.4, -0.2) is 14.3 Å². The molecule has 19 heavy (non-hydrogen) atoms. The summed E-state index contributed by atoms with van der Waals surface area (Å²) in [6.07, 6.45) is 0. The third-order valence-electron chi connectivity index (χ3n) is 2.54. The standard InChI is InChI=1S/C12H15N3O3S/c1-8(2)11(7-13)12(16)15-9-3-5-10(6-4-9)19(14,17)18/h3-6,8,11H,1-2H3,(H,15,16)(H2,14,17,18). The number of benzene rings is 1. The maximum Gasteiger partial charge on any atom is 0.241 e. The maximum atomic E-state index is 11.8. The monoisotopic (exact) mass is 281 g/mol. The number of hydrogen-bond acceptors (Lipinski definition) is 4. The van der Waals surface area contributed by atoms with E-state index in [0.29, 0.717) is 5.69 Å². The van der Waals surface area contributed by atoms with Gasteiger partial charge >= 0.3 is 0 Å². The number of hydrogen-bond donors (Lipinski definition) is 2. The first kappa shape index (κ1) is 15.1. The fourth-order valence-electron chi connectivity index (χ4n) is 1.46. The van der Waals surface area contributed by atoms with Gasteiger partial charge in [0, 0.05) is 5.69 Å². The predicted molar refractivity (Wildman–Crippen MR) is 70.4 cm³/mol.